The Bertz CT molecular complexity index is 809. The van der Waals surface area contributed by atoms with Gasteiger partial charge in [0.1, 0.15) is 5.75 Å². The lowest BCUT2D eigenvalue weighted by Gasteiger charge is -2.27. The van der Waals surface area contributed by atoms with Crippen LogP contribution in [-0.2, 0) is 11.2 Å². The van der Waals surface area contributed by atoms with Gasteiger partial charge in [-0.3, -0.25) is 4.79 Å². The van der Waals surface area contributed by atoms with Crippen molar-refractivity contribution in [1.29, 1.82) is 0 Å². The molecule has 0 radical (unpaired) electrons. The standard InChI is InChI=1S/C17H20N4O3S/c1-20(2)15-18-16(25-19-15)21-8-12-9-24-13-6-4-3-5-11(13)7-17(12,10-21)14(22)23/h3-6,12H,7-10H2,1-2H3,(H,22,23)/t12-,17+/m0/s1. The quantitative estimate of drug-likeness (QED) is 0.893. The van der Waals surface area contributed by atoms with Gasteiger partial charge in [0, 0.05) is 44.6 Å². The molecule has 132 valence electrons. The van der Waals surface area contributed by atoms with Crippen molar-refractivity contribution < 1.29 is 14.6 Å². The van der Waals surface area contributed by atoms with Crippen LogP contribution in [0.3, 0.4) is 0 Å². The number of anilines is 2. The zero-order valence-electron chi connectivity index (χ0n) is 14.2. The first-order valence-electron chi connectivity index (χ1n) is 8.20. The van der Waals surface area contributed by atoms with Crippen molar-refractivity contribution in [2.24, 2.45) is 11.3 Å². The van der Waals surface area contributed by atoms with Crippen molar-refractivity contribution >= 4 is 28.6 Å². The summed E-state index contributed by atoms with van der Waals surface area (Å²) in [6.07, 6.45) is 0.471. The summed E-state index contributed by atoms with van der Waals surface area (Å²) in [5.41, 5.74) is 0.0943. The molecular weight excluding hydrogens is 340 g/mol. The number of aromatic nitrogens is 2. The Labute approximate surface area is 150 Å². The molecule has 0 saturated carbocycles. The van der Waals surface area contributed by atoms with Crippen LogP contribution in [0.4, 0.5) is 11.1 Å². The molecule has 2 aromatic rings. The molecule has 8 heteroatoms. The third kappa shape index (κ3) is 2.60. The fraction of sp³-hybridized carbons (Fsp3) is 0.471. The molecule has 0 amide bonds. The van der Waals surface area contributed by atoms with E-state index in [2.05, 4.69) is 9.36 Å². The zero-order valence-corrected chi connectivity index (χ0v) is 15.0. The summed E-state index contributed by atoms with van der Waals surface area (Å²) < 4.78 is 10.3. The molecule has 0 aliphatic carbocycles. The van der Waals surface area contributed by atoms with Crippen molar-refractivity contribution in [2.75, 3.05) is 43.6 Å². The van der Waals surface area contributed by atoms with Crippen LogP contribution in [0.5, 0.6) is 5.75 Å². The number of fused-ring (bicyclic) bond motifs is 2. The first kappa shape index (κ1) is 16.1. The zero-order chi connectivity index (χ0) is 17.6. The molecule has 2 aliphatic heterocycles. The Kier molecular flexibility index (Phi) is 3.79. The van der Waals surface area contributed by atoms with E-state index in [9.17, 15) is 9.90 Å². The minimum absolute atomic E-state index is 0.0934. The molecule has 0 spiro atoms. The van der Waals surface area contributed by atoms with E-state index < -0.39 is 11.4 Å². The molecule has 1 fully saturated rings. The second-order valence-corrected chi connectivity index (χ2v) is 7.64. The third-order valence-electron chi connectivity index (χ3n) is 5.11. The van der Waals surface area contributed by atoms with E-state index in [0.717, 1.165) is 16.4 Å². The summed E-state index contributed by atoms with van der Waals surface area (Å²) in [6, 6.07) is 7.72. The lowest BCUT2D eigenvalue weighted by molar-refractivity contribution is -0.150. The summed E-state index contributed by atoms with van der Waals surface area (Å²) in [6.45, 7) is 1.44. The predicted octanol–water partition coefficient (Wildman–Crippen LogP) is 1.75. The van der Waals surface area contributed by atoms with Crippen molar-refractivity contribution in [1.82, 2.24) is 9.36 Å². The lowest BCUT2D eigenvalue weighted by atomic mass is 9.74. The van der Waals surface area contributed by atoms with Crippen LogP contribution < -0.4 is 14.5 Å². The molecular formula is C17H20N4O3S. The topological polar surface area (TPSA) is 78.8 Å². The largest absolute Gasteiger partial charge is 0.493 e. The van der Waals surface area contributed by atoms with Gasteiger partial charge in [-0.2, -0.15) is 9.36 Å². The van der Waals surface area contributed by atoms with Gasteiger partial charge in [-0.05, 0) is 18.1 Å². The number of aliphatic carboxylic acids is 1. The summed E-state index contributed by atoms with van der Waals surface area (Å²) in [7, 11) is 3.78. The second kappa shape index (κ2) is 5.87. The average Bonchev–Trinajstić information content (AvgIpc) is 3.17. The van der Waals surface area contributed by atoms with Gasteiger partial charge in [-0.15, -0.1) is 0 Å². The molecule has 7 nitrogen and oxygen atoms in total. The first-order chi connectivity index (χ1) is 12.0. The number of benzene rings is 1. The molecule has 3 heterocycles. The molecule has 2 atom stereocenters. The summed E-state index contributed by atoms with van der Waals surface area (Å²) in [5, 5.41) is 10.9. The maximum Gasteiger partial charge on any atom is 0.312 e. The number of carboxylic acids is 1. The van der Waals surface area contributed by atoms with Crippen LogP contribution in [0.25, 0.3) is 0 Å². The van der Waals surface area contributed by atoms with Gasteiger partial charge >= 0.3 is 5.97 Å². The highest BCUT2D eigenvalue weighted by Gasteiger charge is 2.54. The minimum Gasteiger partial charge on any atom is -0.493 e. The maximum atomic E-state index is 12.3. The summed E-state index contributed by atoms with van der Waals surface area (Å²) in [5.74, 6) is 0.592. The normalized spacial score (nSPS) is 24.9. The van der Waals surface area contributed by atoms with E-state index in [4.69, 9.17) is 4.74 Å². The van der Waals surface area contributed by atoms with E-state index in [1.807, 2.05) is 48.2 Å². The fourth-order valence-corrected chi connectivity index (χ4v) is 4.43. The Hall–Kier alpha value is -2.35. The number of carboxylic acid groups (broad SMARTS) is 1. The van der Waals surface area contributed by atoms with Crippen LogP contribution in [0, 0.1) is 11.3 Å². The molecule has 0 unspecified atom stereocenters. The van der Waals surface area contributed by atoms with Gasteiger partial charge < -0.3 is 19.6 Å². The van der Waals surface area contributed by atoms with E-state index >= 15 is 0 Å². The molecule has 2 aliphatic rings. The molecule has 1 aromatic carbocycles. The highest BCUT2D eigenvalue weighted by atomic mass is 32.1. The van der Waals surface area contributed by atoms with Crippen molar-refractivity contribution in [3.8, 4) is 5.75 Å². The van der Waals surface area contributed by atoms with Gasteiger partial charge in [-0.25, -0.2) is 0 Å². The van der Waals surface area contributed by atoms with Gasteiger partial charge in [0.25, 0.3) is 0 Å². The smallest absolute Gasteiger partial charge is 0.312 e. The molecule has 1 aromatic heterocycles. The van der Waals surface area contributed by atoms with E-state index in [1.54, 1.807) is 0 Å². The Morgan fingerprint density at radius 3 is 2.96 bits per heavy atom. The Balaban J connectivity index is 1.67. The van der Waals surface area contributed by atoms with Crippen LogP contribution >= 0.6 is 11.5 Å². The van der Waals surface area contributed by atoms with E-state index in [-0.39, 0.29) is 5.92 Å². The monoisotopic (exact) mass is 360 g/mol. The van der Waals surface area contributed by atoms with Gasteiger partial charge in [-0.1, -0.05) is 18.2 Å². The Morgan fingerprint density at radius 2 is 2.24 bits per heavy atom. The third-order valence-corrected chi connectivity index (χ3v) is 5.88. The van der Waals surface area contributed by atoms with Crippen LogP contribution in [0.1, 0.15) is 5.56 Å². The Morgan fingerprint density at radius 1 is 1.44 bits per heavy atom. The van der Waals surface area contributed by atoms with E-state index in [0.29, 0.717) is 32.1 Å². The number of hydrogen-bond donors (Lipinski definition) is 1. The predicted molar refractivity (Wildman–Crippen MR) is 95.6 cm³/mol. The van der Waals surface area contributed by atoms with E-state index in [1.165, 1.54) is 11.5 Å². The molecule has 0 bridgehead atoms. The van der Waals surface area contributed by atoms with Gasteiger partial charge in [0.15, 0.2) is 0 Å². The summed E-state index contributed by atoms with van der Waals surface area (Å²) in [4.78, 5) is 20.7. The fourth-order valence-electron chi connectivity index (χ4n) is 3.69. The lowest BCUT2D eigenvalue weighted by Crippen LogP contribution is -2.42. The second-order valence-electron chi connectivity index (χ2n) is 6.91. The molecule has 1 saturated heterocycles. The molecule has 4 rings (SSSR count). The highest BCUT2D eigenvalue weighted by Crippen LogP contribution is 2.45. The first-order valence-corrected chi connectivity index (χ1v) is 8.97. The average molecular weight is 360 g/mol. The maximum absolute atomic E-state index is 12.3. The molecule has 25 heavy (non-hydrogen) atoms. The van der Waals surface area contributed by atoms with Crippen LogP contribution in [-0.4, -0.2) is 54.2 Å². The van der Waals surface area contributed by atoms with Crippen molar-refractivity contribution in [2.45, 2.75) is 6.42 Å². The highest BCUT2D eigenvalue weighted by molar-refractivity contribution is 7.09. The number of rotatable bonds is 3. The number of hydrogen-bond acceptors (Lipinski definition) is 7. The van der Waals surface area contributed by atoms with Crippen molar-refractivity contribution in [3.05, 3.63) is 29.8 Å². The number of ether oxygens (including phenoxy) is 1. The number of para-hydroxylation sites is 1. The van der Waals surface area contributed by atoms with Crippen LogP contribution in [0.2, 0.25) is 0 Å². The van der Waals surface area contributed by atoms with Gasteiger partial charge in [0.05, 0.1) is 12.0 Å². The van der Waals surface area contributed by atoms with Gasteiger partial charge in [0.2, 0.25) is 11.1 Å². The SMILES string of the molecule is CN(C)c1nsc(N2C[C@H]3COc4ccccc4C[C@@]3(C(=O)O)C2)n1. The van der Waals surface area contributed by atoms with Crippen LogP contribution in [0.15, 0.2) is 24.3 Å². The number of carbonyl (C=O) groups is 1. The number of nitrogens with zero attached hydrogens (tertiary/aromatic N) is 4. The molecule has 1 N–H and O–H groups in total. The minimum atomic E-state index is -0.865. The summed E-state index contributed by atoms with van der Waals surface area (Å²) >= 11 is 1.31. The van der Waals surface area contributed by atoms with Crippen molar-refractivity contribution in [3.63, 3.8) is 0 Å².